The first-order valence-electron chi connectivity index (χ1n) is 4.15. The van der Waals surface area contributed by atoms with Crippen LogP contribution in [0.3, 0.4) is 0 Å². The van der Waals surface area contributed by atoms with Crippen molar-refractivity contribution in [3.05, 3.63) is 11.1 Å². The van der Waals surface area contributed by atoms with E-state index in [1.54, 1.807) is 6.92 Å². The Hall–Kier alpha value is -0.870. The molecule has 0 rings (SSSR count). The van der Waals surface area contributed by atoms with E-state index in [1.165, 1.54) is 13.8 Å². The molecule has 4 heteroatoms. The van der Waals surface area contributed by atoms with E-state index in [4.69, 9.17) is 10.2 Å². The van der Waals surface area contributed by atoms with Crippen LogP contribution in [0.4, 0.5) is 0 Å². The topological polar surface area (TPSA) is 77.8 Å². The molecule has 3 N–H and O–H groups in total. The minimum Gasteiger partial charge on any atom is -0.478 e. The van der Waals surface area contributed by atoms with Crippen molar-refractivity contribution in [2.24, 2.45) is 0 Å². The summed E-state index contributed by atoms with van der Waals surface area (Å²) in [5.74, 6) is -1.06. The molecule has 0 aliphatic rings. The van der Waals surface area contributed by atoms with Crippen molar-refractivity contribution in [3.8, 4) is 0 Å². The molecule has 0 aromatic heterocycles. The van der Waals surface area contributed by atoms with Crippen molar-refractivity contribution in [2.45, 2.75) is 39.4 Å². The maximum absolute atomic E-state index is 10.6. The van der Waals surface area contributed by atoms with Crippen LogP contribution < -0.4 is 0 Å². The molecule has 0 aromatic carbocycles. The predicted molar refractivity (Wildman–Crippen MR) is 48.3 cm³/mol. The predicted octanol–water partition coefficient (Wildman–Crippen LogP) is 0.539. The SMILES string of the molecule is CC(C(=O)O)=C(CC(C)O)C(C)O. The van der Waals surface area contributed by atoms with E-state index < -0.39 is 18.2 Å². The molecule has 4 nitrogen and oxygen atoms in total. The van der Waals surface area contributed by atoms with Gasteiger partial charge in [0.1, 0.15) is 0 Å². The zero-order valence-corrected chi connectivity index (χ0v) is 8.11. The molecule has 13 heavy (non-hydrogen) atoms. The van der Waals surface area contributed by atoms with Gasteiger partial charge in [0.15, 0.2) is 0 Å². The van der Waals surface area contributed by atoms with Crippen LogP contribution in [0.15, 0.2) is 11.1 Å². The first-order valence-corrected chi connectivity index (χ1v) is 4.15. The highest BCUT2D eigenvalue weighted by Gasteiger charge is 2.15. The summed E-state index contributed by atoms with van der Waals surface area (Å²) in [6, 6.07) is 0. The van der Waals surface area contributed by atoms with E-state index in [-0.39, 0.29) is 12.0 Å². The highest BCUT2D eigenvalue weighted by Crippen LogP contribution is 2.15. The van der Waals surface area contributed by atoms with Gasteiger partial charge in [-0.05, 0) is 32.8 Å². The summed E-state index contributed by atoms with van der Waals surface area (Å²) >= 11 is 0. The molecule has 0 bridgehead atoms. The first kappa shape index (κ1) is 12.1. The Kier molecular flexibility index (Phi) is 4.66. The van der Waals surface area contributed by atoms with Gasteiger partial charge in [0, 0.05) is 5.57 Å². The first-order chi connectivity index (χ1) is 5.86. The van der Waals surface area contributed by atoms with Crippen LogP contribution in [-0.2, 0) is 4.79 Å². The highest BCUT2D eigenvalue weighted by atomic mass is 16.4. The normalized spacial score (nSPS) is 17.6. The Bertz CT molecular complexity index is 216. The van der Waals surface area contributed by atoms with Gasteiger partial charge < -0.3 is 15.3 Å². The van der Waals surface area contributed by atoms with Crippen molar-refractivity contribution in [1.82, 2.24) is 0 Å². The summed E-state index contributed by atoms with van der Waals surface area (Å²) in [6.07, 6.45) is -1.28. The monoisotopic (exact) mass is 188 g/mol. The molecular formula is C9H16O4. The Morgan fingerprint density at radius 3 is 2.00 bits per heavy atom. The van der Waals surface area contributed by atoms with Gasteiger partial charge in [0.25, 0.3) is 0 Å². The molecule has 0 amide bonds. The standard InChI is InChI=1S/C9H16O4/c1-5(10)4-8(7(3)11)6(2)9(12)13/h5,7,10-11H,4H2,1-3H3,(H,12,13). The zero-order valence-electron chi connectivity index (χ0n) is 8.11. The lowest BCUT2D eigenvalue weighted by Crippen LogP contribution is -2.16. The molecule has 0 aliphatic carbocycles. The van der Waals surface area contributed by atoms with E-state index in [1.807, 2.05) is 0 Å². The van der Waals surface area contributed by atoms with Crippen LogP contribution in [0.25, 0.3) is 0 Å². The van der Waals surface area contributed by atoms with E-state index >= 15 is 0 Å². The van der Waals surface area contributed by atoms with Crippen molar-refractivity contribution in [2.75, 3.05) is 0 Å². The molecule has 0 radical (unpaired) electrons. The van der Waals surface area contributed by atoms with Crippen molar-refractivity contribution >= 4 is 5.97 Å². The van der Waals surface area contributed by atoms with Gasteiger partial charge in [0.05, 0.1) is 12.2 Å². The van der Waals surface area contributed by atoms with Crippen LogP contribution >= 0.6 is 0 Å². The summed E-state index contributed by atoms with van der Waals surface area (Å²) in [5.41, 5.74) is 0.485. The van der Waals surface area contributed by atoms with Gasteiger partial charge in [-0.2, -0.15) is 0 Å². The fraction of sp³-hybridized carbons (Fsp3) is 0.667. The average molecular weight is 188 g/mol. The van der Waals surface area contributed by atoms with E-state index in [9.17, 15) is 9.90 Å². The van der Waals surface area contributed by atoms with E-state index in [0.29, 0.717) is 5.57 Å². The van der Waals surface area contributed by atoms with Gasteiger partial charge >= 0.3 is 5.97 Å². The number of hydrogen-bond donors (Lipinski definition) is 3. The Morgan fingerprint density at radius 1 is 1.31 bits per heavy atom. The van der Waals surface area contributed by atoms with Crippen molar-refractivity contribution < 1.29 is 20.1 Å². The smallest absolute Gasteiger partial charge is 0.331 e. The molecule has 0 saturated heterocycles. The van der Waals surface area contributed by atoms with Gasteiger partial charge in [-0.3, -0.25) is 0 Å². The molecule has 0 aliphatic heterocycles. The minimum absolute atomic E-state index is 0.107. The lowest BCUT2D eigenvalue weighted by atomic mass is 9.99. The van der Waals surface area contributed by atoms with Gasteiger partial charge in [-0.1, -0.05) is 0 Å². The Morgan fingerprint density at radius 2 is 1.77 bits per heavy atom. The van der Waals surface area contributed by atoms with Gasteiger partial charge in [0.2, 0.25) is 0 Å². The second-order valence-electron chi connectivity index (χ2n) is 3.18. The van der Waals surface area contributed by atoms with E-state index in [0.717, 1.165) is 0 Å². The molecule has 0 fully saturated rings. The molecular weight excluding hydrogens is 172 g/mol. The number of rotatable bonds is 4. The van der Waals surface area contributed by atoms with Crippen LogP contribution in [0, 0.1) is 0 Å². The second-order valence-corrected chi connectivity index (χ2v) is 3.18. The number of carboxylic acid groups (broad SMARTS) is 1. The summed E-state index contributed by atoms with van der Waals surface area (Å²) in [7, 11) is 0. The van der Waals surface area contributed by atoms with Crippen molar-refractivity contribution in [3.63, 3.8) is 0 Å². The van der Waals surface area contributed by atoms with E-state index in [2.05, 4.69) is 0 Å². The van der Waals surface area contributed by atoms with Crippen molar-refractivity contribution in [1.29, 1.82) is 0 Å². The van der Waals surface area contributed by atoms with Crippen LogP contribution in [-0.4, -0.2) is 33.5 Å². The Balaban J connectivity index is 4.78. The number of aliphatic hydroxyl groups is 2. The van der Waals surface area contributed by atoms with Gasteiger partial charge in [-0.25, -0.2) is 4.79 Å². The quantitative estimate of drug-likeness (QED) is 0.563. The molecule has 2 unspecified atom stereocenters. The molecule has 0 aromatic rings. The molecule has 0 spiro atoms. The average Bonchev–Trinajstić information content (AvgIpc) is 1.97. The van der Waals surface area contributed by atoms with Crippen LogP contribution in [0.1, 0.15) is 27.2 Å². The highest BCUT2D eigenvalue weighted by molar-refractivity contribution is 5.87. The van der Waals surface area contributed by atoms with Gasteiger partial charge in [-0.15, -0.1) is 0 Å². The number of carboxylic acids is 1. The third kappa shape index (κ3) is 4.05. The number of aliphatic hydroxyl groups excluding tert-OH is 2. The molecule has 76 valence electrons. The zero-order chi connectivity index (χ0) is 10.6. The molecule has 0 heterocycles. The van der Waals surface area contributed by atoms with Crippen LogP contribution in [0.5, 0.6) is 0 Å². The maximum Gasteiger partial charge on any atom is 0.331 e. The van der Waals surface area contributed by atoms with Crippen LogP contribution in [0.2, 0.25) is 0 Å². The summed E-state index contributed by atoms with van der Waals surface area (Å²) in [6.45, 7) is 4.47. The maximum atomic E-state index is 10.6. The largest absolute Gasteiger partial charge is 0.478 e. The number of aliphatic carboxylic acids is 1. The second kappa shape index (κ2) is 4.99. The molecule has 2 atom stereocenters. The minimum atomic E-state index is -1.06. The third-order valence-electron chi connectivity index (χ3n) is 1.82. The number of hydrogen-bond acceptors (Lipinski definition) is 3. The fourth-order valence-corrected chi connectivity index (χ4v) is 1.09. The lowest BCUT2D eigenvalue weighted by molar-refractivity contribution is -0.132. The fourth-order valence-electron chi connectivity index (χ4n) is 1.09. The summed E-state index contributed by atoms with van der Waals surface area (Å²) < 4.78 is 0. The third-order valence-corrected chi connectivity index (χ3v) is 1.82. The summed E-state index contributed by atoms with van der Waals surface area (Å²) in [4.78, 5) is 10.6. The Labute approximate surface area is 77.5 Å². The molecule has 0 saturated carbocycles. The lowest BCUT2D eigenvalue weighted by Gasteiger charge is -2.14. The number of carbonyl (C=O) groups is 1. The summed E-state index contributed by atoms with van der Waals surface area (Å²) in [5, 5.41) is 27.0.